The fourth-order valence-corrected chi connectivity index (χ4v) is 5.57. The molecule has 3 fully saturated rings. The highest BCUT2D eigenvalue weighted by Crippen LogP contribution is 2.59. The molecule has 1 saturated carbocycles. The van der Waals surface area contributed by atoms with Crippen molar-refractivity contribution < 1.29 is 23.0 Å². The zero-order chi connectivity index (χ0) is 24.1. The molecule has 2 aromatic carbocycles. The Balaban J connectivity index is 1.10. The molecule has 1 amide bonds. The van der Waals surface area contributed by atoms with E-state index in [0.717, 1.165) is 25.4 Å². The Kier molecular flexibility index (Phi) is 5.40. The summed E-state index contributed by atoms with van der Waals surface area (Å²) in [5, 5.41) is 7.58. The molecule has 0 unspecified atom stereocenters. The van der Waals surface area contributed by atoms with Gasteiger partial charge in [-0.05, 0) is 47.6 Å². The number of carbonyl (C=O) groups is 1. The predicted octanol–water partition coefficient (Wildman–Crippen LogP) is 3.44. The zero-order valence-electron chi connectivity index (χ0n) is 19.2. The standard InChI is InChI=1S/C25H25F2N5O3/c1-34-17-4-2-15(3-5-17)10-30-13-19-20(14-30)23(19)24-21(26)8-16(9-22(24)27)32-12-18(35-25(32)33)11-31-7-6-28-29-31/h2-9,18-20,23H,10-14H2,1H3/t18-,19-,20+,23+/m0/s1. The average Bonchev–Trinajstić information content (AvgIpc) is 3.28. The molecule has 182 valence electrons. The topological polar surface area (TPSA) is 72.7 Å². The number of benzene rings is 2. The van der Waals surface area contributed by atoms with Gasteiger partial charge in [-0.25, -0.2) is 18.3 Å². The number of nitrogens with zero attached hydrogens (tertiary/aromatic N) is 5. The normalized spacial score (nSPS) is 25.6. The van der Waals surface area contributed by atoms with Gasteiger partial charge in [0.05, 0.1) is 32.1 Å². The van der Waals surface area contributed by atoms with E-state index in [-0.39, 0.29) is 35.5 Å². The molecule has 3 aromatic rings. The van der Waals surface area contributed by atoms with Gasteiger partial charge in [0.1, 0.15) is 23.5 Å². The Morgan fingerprint density at radius 3 is 2.43 bits per heavy atom. The number of hydrogen-bond acceptors (Lipinski definition) is 6. The van der Waals surface area contributed by atoms with Crippen LogP contribution in [-0.4, -0.2) is 58.8 Å². The summed E-state index contributed by atoms with van der Waals surface area (Å²) in [5.74, 6) is -0.0248. The van der Waals surface area contributed by atoms with Crippen LogP contribution < -0.4 is 9.64 Å². The van der Waals surface area contributed by atoms with Crippen molar-refractivity contribution in [2.45, 2.75) is 25.1 Å². The Hall–Kier alpha value is -3.53. The lowest BCUT2D eigenvalue weighted by atomic mass is 10.0. The third-order valence-electron chi connectivity index (χ3n) is 7.28. The van der Waals surface area contributed by atoms with Crippen LogP contribution in [0.15, 0.2) is 48.8 Å². The van der Waals surface area contributed by atoms with Gasteiger partial charge in [-0.2, -0.15) is 0 Å². The highest BCUT2D eigenvalue weighted by molar-refractivity contribution is 5.89. The van der Waals surface area contributed by atoms with Crippen LogP contribution in [0.4, 0.5) is 19.3 Å². The smallest absolute Gasteiger partial charge is 0.414 e. The summed E-state index contributed by atoms with van der Waals surface area (Å²) < 4.78 is 42.4. The van der Waals surface area contributed by atoms with E-state index in [1.807, 2.05) is 24.3 Å². The lowest BCUT2D eigenvalue weighted by molar-refractivity contribution is 0.129. The fourth-order valence-electron chi connectivity index (χ4n) is 5.57. The molecule has 1 aromatic heterocycles. The summed E-state index contributed by atoms with van der Waals surface area (Å²) in [5.41, 5.74) is 1.49. The third-order valence-corrected chi connectivity index (χ3v) is 7.28. The van der Waals surface area contributed by atoms with Crippen molar-refractivity contribution in [1.82, 2.24) is 19.9 Å². The largest absolute Gasteiger partial charge is 0.497 e. The summed E-state index contributed by atoms with van der Waals surface area (Å²) in [6, 6.07) is 10.5. The Morgan fingerprint density at radius 2 is 1.80 bits per heavy atom. The molecule has 3 aliphatic rings. The maximum Gasteiger partial charge on any atom is 0.414 e. The van der Waals surface area contributed by atoms with Gasteiger partial charge >= 0.3 is 6.09 Å². The molecule has 8 nitrogen and oxygen atoms in total. The van der Waals surface area contributed by atoms with Gasteiger partial charge in [-0.3, -0.25) is 9.80 Å². The van der Waals surface area contributed by atoms with Gasteiger partial charge in [0, 0.05) is 31.4 Å². The molecule has 10 heteroatoms. The van der Waals surface area contributed by atoms with Crippen LogP contribution in [-0.2, 0) is 17.8 Å². The quantitative estimate of drug-likeness (QED) is 0.515. The van der Waals surface area contributed by atoms with E-state index in [4.69, 9.17) is 9.47 Å². The van der Waals surface area contributed by atoms with E-state index >= 15 is 8.78 Å². The van der Waals surface area contributed by atoms with Crippen molar-refractivity contribution >= 4 is 11.8 Å². The number of hydrogen-bond donors (Lipinski definition) is 0. The molecule has 2 aliphatic heterocycles. The van der Waals surface area contributed by atoms with E-state index in [1.165, 1.54) is 28.8 Å². The highest BCUT2D eigenvalue weighted by Gasteiger charge is 2.57. The Bertz CT molecular complexity index is 1200. The zero-order valence-corrected chi connectivity index (χ0v) is 19.2. The minimum atomic E-state index is -0.626. The first-order valence-electron chi connectivity index (χ1n) is 11.7. The number of halogens is 2. The Labute approximate surface area is 201 Å². The maximum atomic E-state index is 15.1. The number of ether oxygens (including phenoxy) is 2. The minimum Gasteiger partial charge on any atom is -0.497 e. The maximum absolute atomic E-state index is 15.1. The first-order valence-corrected chi connectivity index (χ1v) is 11.7. The predicted molar refractivity (Wildman–Crippen MR) is 122 cm³/mol. The van der Waals surface area contributed by atoms with E-state index in [2.05, 4.69) is 15.2 Å². The van der Waals surface area contributed by atoms with Crippen LogP contribution in [0.2, 0.25) is 0 Å². The van der Waals surface area contributed by atoms with E-state index < -0.39 is 23.8 Å². The lowest BCUT2D eigenvalue weighted by Gasteiger charge is -2.21. The van der Waals surface area contributed by atoms with Crippen molar-refractivity contribution in [2.75, 3.05) is 31.6 Å². The first-order chi connectivity index (χ1) is 17.0. The second kappa shape index (κ2) is 8.60. The number of fused-ring (bicyclic) bond motifs is 1. The average molecular weight is 482 g/mol. The third kappa shape index (κ3) is 4.12. The fraction of sp³-hybridized carbons (Fsp3) is 0.400. The van der Waals surface area contributed by atoms with Gasteiger partial charge in [-0.1, -0.05) is 17.3 Å². The van der Waals surface area contributed by atoms with Crippen molar-refractivity contribution in [3.05, 3.63) is 71.6 Å². The molecular formula is C25H25F2N5O3. The molecule has 3 heterocycles. The van der Waals surface area contributed by atoms with Crippen molar-refractivity contribution in [2.24, 2.45) is 11.8 Å². The summed E-state index contributed by atoms with van der Waals surface area (Å²) in [4.78, 5) is 15.9. The minimum absolute atomic E-state index is 0.123. The van der Waals surface area contributed by atoms with Crippen LogP contribution in [0, 0.1) is 23.5 Å². The molecule has 0 bridgehead atoms. The summed E-state index contributed by atoms with van der Waals surface area (Å²) in [7, 11) is 1.64. The van der Waals surface area contributed by atoms with Gasteiger partial charge in [0.2, 0.25) is 0 Å². The number of anilines is 1. The molecule has 4 atom stereocenters. The Morgan fingerprint density at radius 1 is 1.09 bits per heavy atom. The second-order valence-electron chi connectivity index (χ2n) is 9.46. The van der Waals surface area contributed by atoms with Gasteiger partial charge in [0.15, 0.2) is 0 Å². The lowest BCUT2D eigenvalue weighted by Crippen LogP contribution is -2.26. The van der Waals surface area contributed by atoms with Crippen LogP contribution in [0.25, 0.3) is 0 Å². The van der Waals surface area contributed by atoms with Gasteiger partial charge < -0.3 is 9.47 Å². The molecule has 0 spiro atoms. The molecule has 0 N–H and O–H groups in total. The molecule has 6 rings (SSSR count). The number of amides is 1. The number of likely N-dealkylation sites (tertiary alicyclic amines) is 1. The SMILES string of the molecule is COc1ccc(CN2C[C@@H]3[C@H](C2)[C@H]3c2c(F)cc(N3C[C@H](Cn4ccnn4)OC3=O)cc2F)cc1. The van der Waals surface area contributed by atoms with Crippen LogP contribution in [0.1, 0.15) is 17.0 Å². The number of methoxy groups -OCH3 is 1. The number of cyclic esters (lactones) is 1. The van der Waals surface area contributed by atoms with E-state index in [1.54, 1.807) is 18.0 Å². The van der Waals surface area contributed by atoms with Crippen molar-refractivity contribution in [3.63, 3.8) is 0 Å². The van der Waals surface area contributed by atoms with Gasteiger partial charge in [-0.15, -0.1) is 5.10 Å². The number of carbonyl (C=O) groups excluding carboxylic acids is 1. The van der Waals surface area contributed by atoms with Gasteiger partial charge in [0.25, 0.3) is 0 Å². The highest BCUT2D eigenvalue weighted by atomic mass is 19.1. The number of aromatic nitrogens is 3. The number of piperidine rings is 1. The summed E-state index contributed by atoms with van der Waals surface area (Å²) >= 11 is 0. The number of rotatable bonds is 7. The van der Waals surface area contributed by atoms with E-state index in [0.29, 0.717) is 6.54 Å². The molecule has 2 saturated heterocycles. The van der Waals surface area contributed by atoms with Crippen LogP contribution in [0.3, 0.4) is 0 Å². The molecule has 0 radical (unpaired) electrons. The van der Waals surface area contributed by atoms with E-state index in [9.17, 15) is 4.79 Å². The van der Waals surface area contributed by atoms with Crippen LogP contribution in [0.5, 0.6) is 5.75 Å². The second-order valence-corrected chi connectivity index (χ2v) is 9.46. The monoisotopic (exact) mass is 481 g/mol. The van der Waals surface area contributed by atoms with Crippen molar-refractivity contribution in [3.8, 4) is 5.75 Å². The van der Waals surface area contributed by atoms with Crippen molar-refractivity contribution in [1.29, 1.82) is 0 Å². The summed E-state index contributed by atoms with van der Waals surface area (Å²) in [6.45, 7) is 2.94. The summed E-state index contributed by atoms with van der Waals surface area (Å²) in [6.07, 6.45) is 2.09. The molecule has 1 aliphatic carbocycles. The molecular weight excluding hydrogens is 456 g/mol. The first kappa shape index (κ1) is 22.0. The molecule has 35 heavy (non-hydrogen) atoms. The van der Waals surface area contributed by atoms with Crippen LogP contribution >= 0.6 is 0 Å².